The van der Waals surface area contributed by atoms with Gasteiger partial charge in [-0.25, -0.2) is 9.59 Å². The van der Waals surface area contributed by atoms with Crippen LogP contribution in [0.2, 0.25) is 0 Å². The highest BCUT2D eigenvalue weighted by Gasteiger charge is 2.15. The molecule has 0 fully saturated rings. The summed E-state index contributed by atoms with van der Waals surface area (Å²) in [5, 5.41) is 1.51. The summed E-state index contributed by atoms with van der Waals surface area (Å²) >= 11 is 3.87. The number of nitrogens with zero attached hydrogens (tertiary/aromatic N) is 2. The topological polar surface area (TPSA) is 77.3 Å². The van der Waals surface area contributed by atoms with E-state index >= 15 is 0 Å². The summed E-state index contributed by atoms with van der Waals surface area (Å²) in [6.07, 6.45) is 83.6. The molecular formula is C98H146N2O4S2. The second kappa shape index (κ2) is 62.3. The fourth-order valence-electron chi connectivity index (χ4n) is 14.6. The molecule has 0 heterocycles. The van der Waals surface area contributed by atoms with Crippen LogP contribution in [0.1, 0.15) is 405 Å². The number of hydrogen-bond acceptors (Lipinski definition) is 8. The van der Waals surface area contributed by atoms with Crippen LogP contribution < -0.4 is 9.47 Å². The summed E-state index contributed by atoms with van der Waals surface area (Å²) in [5.74, 6) is 2.06. The largest absolute Gasteiger partial charge is 0.423 e. The Labute approximate surface area is 656 Å². The van der Waals surface area contributed by atoms with Crippen LogP contribution in [0.5, 0.6) is 11.5 Å². The lowest BCUT2D eigenvalue weighted by Crippen LogP contribution is -2.09. The summed E-state index contributed by atoms with van der Waals surface area (Å²) in [7, 11) is 0. The van der Waals surface area contributed by atoms with Crippen molar-refractivity contribution in [2.75, 3.05) is 11.5 Å². The molecule has 0 amide bonds. The molecule has 0 radical (unpaired) electrons. The van der Waals surface area contributed by atoms with E-state index in [1.807, 2.05) is 78.4 Å². The van der Waals surface area contributed by atoms with Gasteiger partial charge in [-0.2, -0.15) is 0 Å². The van der Waals surface area contributed by atoms with Gasteiger partial charge < -0.3 is 9.47 Å². The Morgan fingerprint density at radius 3 is 0.858 bits per heavy atom. The first kappa shape index (κ1) is 89.5. The van der Waals surface area contributed by atoms with Crippen LogP contribution in [0, 0.1) is 0 Å². The average Bonchev–Trinajstić information content (AvgIpc) is 0.795. The average molecular weight is 1480 g/mol. The highest BCUT2D eigenvalue weighted by molar-refractivity contribution is 7.99. The number of fused-ring (bicyclic) bond motifs is 1. The third kappa shape index (κ3) is 44.3. The van der Waals surface area contributed by atoms with E-state index in [0.29, 0.717) is 28.0 Å². The van der Waals surface area contributed by atoms with Crippen molar-refractivity contribution in [1.29, 1.82) is 0 Å². The van der Waals surface area contributed by atoms with Crippen LogP contribution in [-0.2, 0) is 0 Å². The Balaban J connectivity index is 0.727. The fraction of sp³-hybridized carbons (Fsp3) is 0.612. The van der Waals surface area contributed by atoms with Crippen LogP contribution in [0.25, 0.3) is 10.8 Å². The Morgan fingerprint density at radius 1 is 0.292 bits per heavy atom. The van der Waals surface area contributed by atoms with Crippen LogP contribution in [0.15, 0.2) is 153 Å². The molecule has 6 nitrogen and oxygen atoms in total. The van der Waals surface area contributed by atoms with Crippen molar-refractivity contribution < 1.29 is 19.1 Å². The minimum Gasteiger partial charge on any atom is -0.423 e. The number of rotatable bonds is 68. The molecule has 0 aliphatic carbocycles. The molecule has 8 heteroatoms. The first-order chi connectivity index (χ1) is 52.5. The summed E-state index contributed by atoms with van der Waals surface area (Å²) < 4.78 is 11.8. The Hall–Kier alpha value is -5.44. The SMILES string of the molecule is CCCCCCCCCCCCCCCCCCCCCCCCCCCCCCSc1ccc(N=Cc2ccc(C(=O)Oc3ccc4cccc(OC(=O)c5ccc(C=Nc6ccc(SCCCCCCCCCCCCCCCCCCCCCCCCCCCCCC)cc6)cc5)c4c3)cc2)cc1. The normalized spacial score (nSPS) is 11.7. The molecule has 0 bridgehead atoms. The maximum absolute atomic E-state index is 13.5. The molecule has 6 rings (SSSR count). The highest BCUT2D eigenvalue weighted by atomic mass is 32.2. The van der Waals surface area contributed by atoms with Crippen molar-refractivity contribution in [3.63, 3.8) is 0 Å². The number of carbonyl (C=O) groups excluding carboxylic acids is 2. The first-order valence-electron chi connectivity index (χ1n) is 44.2. The van der Waals surface area contributed by atoms with Gasteiger partial charge in [0, 0.05) is 27.6 Å². The maximum Gasteiger partial charge on any atom is 0.343 e. The van der Waals surface area contributed by atoms with Gasteiger partial charge in [-0.1, -0.05) is 403 Å². The number of thioether (sulfide) groups is 2. The third-order valence-electron chi connectivity index (χ3n) is 21.5. The van der Waals surface area contributed by atoms with Gasteiger partial charge in [0.15, 0.2) is 0 Å². The molecule has 0 aliphatic heterocycles. The molecule has 0 atom stereocenters. The van der Waals surface area contributed by atoms with Crippen molar-refractivity contribution >= 4 is 70.0 Å². The van der Waals surface area contributed by atoms with Crippen molar-refractivity contribution in [1.82, 2.24) is 0 Å². The van der Waals surface area contributed by atoms with Crippen molar-refractivity contribution in [2.45, 2.75) is 383 Å². The smallest absolute Gasteiger partial charge is 0.343 e. The quantitative estimate of drug-likeness (QED) is 0.0124. The van der Waals surface area contributed by atoms with Gasteiger partial charge in [0.2, 0.25) is 0 Å². The molecular weight excluding hydrogens is 1330 g/mol. The zero-order valence-corrected chi connectivity index (χ0v) is 68.8. The van der Waals surface area contributed by atoms with Gasteiger partial charge in [0.05, 0.1) is 22.5 Å². The maximum atomic E-state index is 13.5. The predicted octanol–water partition coefficient (Wildman–Crippen LogP) is 32.8. The van der Waals surface area contributed by atoms with E-state index in [2.05, 4.69) is 62.4 Å². The third-order valence-corrected chi connectivity index (χ3v) is 23.6. The second-order valence-electron chi connectivity index (χ2n) is 31.0. The number of esters is 2. The Kier molecular flexibility index (Phi) is 52.6. The van der Waals surface area contributed by atoms with Crippen LogP contribution in [0.4, 0.5) is 11.4 Å². The number of aliphatic imine (C=N–C) groups is 2. The first-order valence-corrected chi connectivity index (χ1v) is 46.2. The summed E-state index contributed by atoms with van der Waals surface area (Å²) in [4.78, 5) is 38.8. The molecule has 0 aliphatic rings. The molecule has 584 valence electrons. The summed E-state index contributed by atoms with van der Waals surface area (Å²) in [6, 6.07) is 42.3. The molecule has 0 saturated carbocycles. The van der Waals surface area contributed by atoms with E-state index in [1.54, 1.807) is 42.5 Å². The van der Waals surface area contributed by atoms with Gasteiger partial charge in [-0.3, -0.25) is 9.98 Å². The highest BCUT2D eigenvalue weighted by Crippen LogP contribution is 2.32. The number of ether oxygens (including phenoxy) is 2. The molecule has 0 spiro atoms. The fourth-order valence-corrected chi connectivity index (χ4v) is 16.4. The van der Waals surface area contributed by atoms with Crippen LogP contribution in [-0.4, -0.2) is 35.9 Å². The number of hydrogen-bond donors (Lipinski definition) is 0. The predicted molar refractivity (Wildman–Crippen MR) is 465 cm³/mol. The molecule has 0 unspecified atom stereocenters. The molecule has 6 aromatic rings. The number of carbonyl (C=O) groups is 2. The van der Waals surface area contributed by atoms with Gasteiger partial charge in [-0.15, -0.1) is 23.5 Å². The zero-order chi connectivity index (χ0) is 74.3. The summed E-state index contributed by atoms with van der Waals surface area (Å²) in [5.41, 5.74) is 4.38. The van der Waals surface area contributed by atoms with Gasteiger partial charge in [-0.05, 0) is 132 Å². The second-order valence-corrected chi connectivity index (χ2v) is 33.3. The van der Waals surface area contributed by atoms with E-state index in [4.69, 9.17) is 19.5 Å². The molecule has 0 saturated heterocycles. The Bertz CT molecular complexity index is 3160. The molecule has 0 N–H and O–H groups in total. The van der Waals surface area contributed by atoms with Gasteiger partial charge in [0.25, 0.3) is 0 Å². The standard InChI is InChI=1S/C98H146N2O4S2/c1-3-5-7-9-11-13-15-17-19-21-23-25-27-29-31-33-35-37-39-41-43-45-47-49-51-53-55-57-80-105-93-76-71-90(72-77-93)99-83-85-62-66-88(67-63-85)97(101)103-92-75-70-87-60-59-61-96(95(87)82-92)104-98(102)89-68-64-86(65-69-89)84-100-91-73-78-94(79-74-91)106-81-58-56-54-52-50-48-46-44-42-40-38-36-34-32-30-28-26-24-22-20-18-16-14-12-10-8-6-4-2/h59-79,82-84H,3-58,80-81H2,1-2H3. The molecule has 6 aromatic carbocycles. The lowest BCUT2D eigenvalue weighted by molar-refractivity contribution is 0.0724. The Morgan fingerprint density at radius 2 is 0.566 bits per heavy atom. The van der Waals surface area contributed by atoms with Crippen LogP contribution in [0.3, 0.4) is 0 Å². The van der Waals surface area contributed by atoms with E-state index < -0.39 is 11.9 Å². The van der Waals surface area contributed by atoms with Crippen molar-refractivity contribution in [3.8, 4) is 11.5 Å². The van der Waals surface area contributed by atoms with Crippen molar-refractivity contribution in [2.24, 2.45) is 9.98 Å². The monoisotopic (exact) mass is 1480 g/mol. The van der Waals surface area contributed by atoms with E-state index in [-0.39, 0.29) is 0 Å². The van der Waals surface area contributed by atoms with Crippen molar-refractivity contribution in [3.05, 3.63) is 156 Å². The minimum atomic E-state index is -0.483. The van der Waals surface area contributed by atoms with Gasteiger partial charge in [0.1, 0.15) is 11.5 Å². The van der Waals surface area contributed by atoms with Crippen LogP contribution >= 0.6 is 23.5 Å². The summed E-state index contributed by atoms with van der Waals surface area (Å²) in [6.45, 7) is 4.61. The zero-order valence-electron chi connectivity index (χ0n) is 67.2. The number of unbranched alkanes of at least 4 members (excludes halogenated alkanes) is 54. The minimum absolute atomic E-state index is 0.351. The molecule has 106 heavy (non-hydrogen) atoms. The molecule has 0 aromatic heterocycles. The lowest BCUT2D eigenvalue weighted by atomic mass is 10.0. The van der Waals surface area contributed by atoms with Gasteiger partial charge >= 0.3 is 11.9 Å². The lowest BCUT2D eigenvalue weighted by Gasteiger charge is -2.10. The van der Waals surface area contributed by atoms with E-state index in [0.717, 1.165) is 39.4 Å². The number of benzene rings is 6. The van der Waals surface area contributed by atoms with E-state index in [1.165, 1.54) is 369 Å². The van der Waals surface area contributed by atoms with E-state index in [9.17, 15) is 9.59 Å².